The highest BCUT2D eigenvalue weighted by Crippen LogP contribution is 1.87. The Hall–Kier alpha value is -1.29. The van der Waals surface area contributed by atoms with Crippen LogP contribution in [0.3, 0.4) is 0 Å². The first-order valence-corrected chi connectivity index (χ1v) is 3.48. The van der Waals surface area contributed by atoms with E-state index in [0.717, 1.165) is 5.57 Å². The smallest absolute Gasteiger partial charge is 0.108 e. The molecule has 11 heavy (non-hydrogen) atoms. The molecule has 0 N–H and O–H groups in total. The second-order valence-electron chi connectivity index (χ2n) is 2.26. The van der Waals surface area contributed by atoms with E-state index in [2.05, 4.69) is 30.0 Å². The predicted molar refractivity (Wildman–Crippen MR) is 50.7 cm³/mol. The molecule has 1 heteroatoms. The van der Waals surface area contributed by atoms with Gasteiger partial charge in [0.15, 0.2) is 0 Å². The molecule has 0 rings (SSSR count). The summed E-state index contributed by atoms with van der Waals surface area (Å²) in [5.74, 6) is 5.78. The van der Waals surface area contributed by atoms with E-state index >= 15 is 0 Å². The van der Waals surface area contributed by atoms with Gasteiger partial charge in [-0.05, 0) is 19.4 Å². The molecule has 1 atom stereocenters. The zero-order chi connectivity index (χ0) is 8.69. The third kappa shape index (κ3) is 6.60. The average molecular weight is 147 g/mol. The van der Waals surface area contributed by atoms with Crippen LogP contribution in [0, 0.1) is 11.8 Å². The highest BCUT2D eigenvalue weighted by Gasteiger charge is 1.86. The van der Waals surface area contributed by atoms with E-state index in [-0.39, 0.29) is 6.04 Å². The summed E-state index contributed by atoms with van der Waals surface area (Å²) in [6.07, 6.45) is 3.29. The van der Waals surface area contributed by atoms with Crippen LogP contribution in [0.1, 0.15) is 13.8 Å². The molecule has 0 aromatic heterocycles. The molecular weight excluding hydrogens is 134 g/mol. The van der Waals surface area contributed by atoms with Gasteiger partial charge in [0.25, 0.3) is 0 Å². The summed E-state index contributed by atoms with van der Waals surface area (Å²) in [6.45, 7) is 11.0. The van der Waals surface area contributed by atoms with Gasteiger partial charge in [0.05, 0.1) is 0 Å². The topological polar surface area (TPSA) is 12.4 Å². The van der Waals surface area contributed by atoms with Gasteiger partial charge in [0.1, 0.15) is 6.04 Å². The van der Waals surface area contributed by atoms with Crippen LogP contribution in [-0.4, -0.2) is 12.3 Å². The van der Waals surface area contributed by atoms with Crippen molar-refractivity contribution in [3.63, 3.8) is 0 Å². The molecule has 58 valence electrons. The van der Waals surface area contributed by atoms with Crippen molar-refractivity contribution in [2.24, 2.45) is 4.99 Å². The molecule has 1 unspecified atom stereocenters. The second kappa shape index (κ2) is 5.49. The molecule has 0 heterocycles. The van der Waals surface area contributed by atoms with Crippen LogP contribution in [0.2, 0.25) is 0 Å². The molecule has 0 saturated heterocycles. The first kappa shape index (κ1) is 9.71. The molecule has 0 radical (unpaired) electrons. The molecule has 0 bridgehead atoms. The van der Waals surface area contributed by atoms with Crippen LogP contribution in [0.25, 0.3) is 0 Å². The van der Waals surface area contributed by atoms with E-state index in [1.807, 2.05) is 13.8 Å². The van der Waals surface area contributed by atoms with Gasteiger partial charge >= 0.3 is 0 Å². The highest BCUT2D eigenvalue weighted by atomic mass is 14.7. The summed E-state index contributed by atoms with van der Waals surface area (Å²) < 4.78 is 0. The molecule has 0 aromatic carbocycles. The molecule has 0 aliphatic carbocycles. The maximum atomic E-state index is 4.06. The SMILES string of the molecule is C=CC=NC(C)C#CC(=C)C. The number of nitrogens with zero attached hydrogens (tertiary/aromatic N) is 1. The van der Waals surface area contributed by atoms with E-state index < -0.39 is 0 Å². The van der Waals surface area contributed by atoms with Gasteiger partial charge in [-0.15, -0.1) is 0 Å². The summed E-state index contributed by atoms with van der Waals surface area (Å²) in [6, 6.07) is 0.0321. The van der Waals surface area contributed by atoms with Crippen molar-refractivity contribution in [1.29, 1.82) is 0 Å². The highest BCUT2D eigenvalue weighted by molar-refractivity contribution is 5.70. The largest absolute Gasteiger partial charge is 0.277 e. The van der Waals surface area contributed by atoms with Crippen molar-refractivity contribution in [3.05, 3.63) is 24.8 Å². The summed E-state index contributed by atoms with van der Waals surface area (Å²) in [4.78, 5) is 4.06. The van der Waals surface area contributed by atoms with Crippen LogP contribution in [0.15, 0.2) is 29.8 Å². The third-order valence-corrected chi connectivity index (χ3v) is 0.910. The van der Waals surface area contributed by atoms with Crippen molar-refractivity contribution in [1.82, 2.24) is 0 Å². The number of hydrogen-bond acceptors (Lipinski definition) is 1. The fraction of sp³-hybridized carbons (Fsp3) is 0.300. The Morgan fingerprint density at radius 1 is 1.64 bits per heavy atom. The van der Waals surface area contributed by atoms with Crippen LogP contribution in [0.5, 0.6) is 0 Å². The summed E-state index contributed by atoms with van der Waals surface area (Å²) in [5, 5.41) is 0. The zero-order valence-corrected chi connectivity index (χ0v) is 7.09. The Labute approximate surface area is 68.5 Å². The fourth-order valence-corrected chi connectivity index (χ4v) is 0.455. The standard InChI is InChI=1S/C10H13N/c1-5-8-11-10(4)7-6-9(2)3/h5,8,10H,1-2H2,3-4H3. The lowest BCUT2D eigenvalue weighted by Crippen LogP contribution is -1.91. The summed E-state index contributed by atoms with van der Waals surface area (Å²) in [7, 11) is 0. The molecule has 0 spiro atoms. The summed E-state index contributed by atoms with van der Waals surface area (Å²) >= 11 is 0. The Morgan fingerprint density at radius 2 is 2.27 bits per heavy atom. The van der Waals surface area contributed by atoms with Crippen molar-refractivity contribution in [2.75, 3.05) is 0 Å². The molecule has 0 aliphatic heterocycles. The van der Waals surface area contributed by atoms with Crippen molar-refractivity contribution >= 4 is 6.21 Å². The van der Waals surface area contributed by atoms with E-state index in [0.29, 0.717) is 0 Å². The number of allylic oxidation sites excluding steroid dienone is 2. The van der Waals surface area contributed by atoms with Crippen LogP contribution < -0.4 is 0 Å². The Morgan fingerprint density at radius 3 is 2.73 bits per heavy atom. The van der Waals surface area contributed by atoms with E-state index in [9.17, 15) is 0 Å². The predicted octanol–water partition coefficient (Wildman–Crippen LogP) is 2.21. The van der Waals surface area contributed by atoms with Gasteiger partial charge in [-0.3, -0.25) is 4.99 Å². The van der Waals surface area contributed by atoms with Crippen LogP contribution >= 0.6 is 0 Å². The molecule has 0 aromatic rings. The quantitative estimate of drug-likeness (QED) is 0.419. The minimum Gasteiger partial charge on any atom is -0.277 e. The first-order valence-electron chi connectivity index (χ1n) is 3.48. The Balaban J connectivity index is 3.98. The summed E-state index contributed by atoms with van der Waals surface area (Å²) in [5.41, 5.74) is 0.866. The Bertz CT molecular complexity index is 225. The monoisotopic (exact) mass is 147 g/mol. The van der Waals surface area contributed by atoms with Gasteiger partial charge in [0.2, 0.25) is 0 Å². The van der Waals surface area contributed by atoms with E-state index in [1.165, 1.54) is 0 Å². The Kier molecular flexibility index (Phi) is 4.85. The minimum atomic E-state index is 0.0321. The van der Waals surface area contributed by atoms with Crippen molar-refractivity contribution in [3.8, 4) is 11.8 Å². The average Bonchev–Trinajstić information content (AvgIpc) is 1.97. The van der Waals surface area contributed by atoms with Gasteiger partial charge in [-0.25, -0.2) is 0 Å². The number of rotatable bonds is 2. The molecule has 1 nitrogen and oxygen atoms in total. The van der Waals surface area contributed by atoms with Gasteiger partial charge < -0.3 is 0 Å². The van der Waals surface area contributed by atoms with Gasteiger partial charge in [0, 0.05) is 6.21 Å². The van der Waals surface area contributed by atoms with Crippen molar-refractivity contribution in [2.45, 2.75) is 19.9 Å². The zero-order valence-electron chi connectivity index (χ0n) is 7.09. The lowest BCUT2D eigenvalue weighted by atomic mass is 10.3. The molecular formula is C10H13N. The maximum Gasteiger partial charge on any atom is 0.108 e. The molecule has 0 aliphatic rings. The number of aliphatic imine (C=N–C) groups is 1. The van der Waals surface area contributed by atoms with Crippen LogP contribution in [0.4, 0.5) is 0 Å². The minimum absolute atomic E-state index is 0.0321. The fourth-order valence-electron chi connectivity index (χ4n) is 0.455. The van der Waals surface area contributed by atoms with E-state index in [1.54, 1.807) is 12.3 Å². The molecule has 0 fully saturated rings. The molecule has 0 amide bonds. The van der Waals surface area contributed by atoms with Gasteiger partial charge in [-0.2, -0.15) is 0 Å². The normalized spacial score (nSPS) is 11.8. The lowest BCUT2D eigenvalue weighted by molar-refractivity contribution is 0.967. The molecule has 0 saturated carbocycles. The van der Waals surface area contributed by atoms with Crippen LogP contribution in [-0.2, 0) is 0 Å². The lowest BCUT2D eigenvalue weighted by Gasteiger charge is -1.91. The van der Waals surface area contributed by atoms with Crippen molar-refractivity contribution < 1.29 is 0 Å². The van der Waals surface area contributed by atoms with Gasteiger partial charge in [-0.1, -0.05) is 31.1 Å². The maximum absolute atomic E-state index is 4.06. The second-order valence-corrected chi connectivity index (χ2v) is 2.26. The number of hydrogen-bond donors (Lipinski definition) is 0. The first-order chi connectivity index (χ1) is 5.16. The van der Waals surface area contributed by atoms with E-state index in [4.69, 9.17) is 0 Å². The third-order valence-electron chi connectivity index (χ3n) is 0.910.